The molecule has 5 heteroatoms. The van der Waals surface area contributed by atoms with Crippen molar-refractivity contribution in [1.82, 2.24) is 4.90 Å². The minimum Gasteiger partial charge on any atom is -0.397 e. The Hall–Kier alpha value is -1.26. The molecule has 1 amide bonds. The van der Waals surface area contributed by atoms with Crippen LogP contribution in [0, 0.1) is 0 Å². The summed E-state index contributed by atoms with van der Waals surface area (Å²) in [5.74, 6) is -0.0174. The van der Waals surface area contributed by atoms with Gasteiger partial charge in [0.25, 0.3) is 0 Å². The molecule has 1 saturated heterocycles. The van der Waals surface area contributed by atoms with E-state index in [-0.39, 0.29) is 11.9 Å². The highest BCUT2D eigenvalue weighted by Crippen LogP contribution is 2.29. The molecule has 2 rings (SSSR count). The molecule has 116 valence electrons. The Morgan fingerprint density at radius 1 is 1.52 bits per heavy atom. The number of benzene rings is 1. The van der Waals surface area contributed by atoms with E-state index in [1.165, 1.54) is 6.42 Å². The quantitative estimate of drug-likeness (QED) is 0.837. The number of halogens is 1. The minimum absolute atomic E-state index is 0.0174. The average Bonchev–Trinajstić information content (AvgIpc) is 2.82. The molecule has 0 spiro atoms. The van der Waals surface area contributed by atoms with E-state index in [9.17, 15) is 4.79 Å². The first-order valence-electron chi connectivity index (χ1n) is 7.57. The Morgan fingerprint density at radius 3 is 2.86 bits per heavy atom. The van der Waals surface area contributed by atoms with Gasteiger partial charge in [0, 0.05) is 17.1 Å². The molecular formula is C16H24ClN3O. The zero-order valence-electron chi connectivity index (χ0n) is 12.9. The number of hydrogen-bond acceptors (Lipinski definition) is 3. The summed E-state index contributed by atoms with van der Waals surface area (Å²) >= 11 is 5.88. The molecule has 0 radical (unpaired) electrons. The van der Waals surface area contributed by atoms with Gasteiger partial charge in [0.05, 0.1) is 17.4 Å². The van der Waals surface area contributed by atoms with Crippen molar-refractivity contribution >= 4 is 28.9 Å². The normalized spacial score (nSPS) is 24.0. The van der Waals surface area contributed by atoms with Crippen LogP contribution in [0.1, 0.15) is 40.0 Å². The van der Waals surface area contributed by atoms with Gasteiger partial charge < -0.3 is 11.1 Å². The molecule has 3 N–H and O–H groups in total. The first-order valence-corrected chi connectivity index (χ1v) is 7.95. The summed E-state index contributed by atoms with van der Waals surface area (Å²) in [6, 6.07) is 5.89. The SMILES string of the molecule is CCC1CCC(C)N1C(C)C(=O)Nc1ccc(Cl)cc1N. The molecule has 1 aliphatic rings. The van der Waals surface area contributed by atoms with Gasteiger partial charge in [-0.25, -0.2) is 0 Å². The van der Waals surface area contributed by atoms with Crippen LogP contribution < -0.4 is 11.1 Å². The van der Waals surface area contributed by atoms with Crippen LogP contribution in [0.2, 0.25) is 5.02 Å². The Morgan fingerprint density at radius 2 is 2.24 bits per heavy atom. The molecule has 3 atom stereocenters. The van der Waals surface area contributed by atoms with E-state index in [2.05, 4.69) is 24.1 Å². The third-order valence-electron chi connectivity index (χ3n) is 4.42. The molecule has 1 fully saturated rings. The van der Waals surface area contributed by atoms with Gasteiger partial charge in [0.1, 0.15) is 0 Å². The second-order valence-electron chi connectivity index (χ2n) is 5.83. The van der Waals surface area contributed by atoms with Crippen molar-refractivity contribution < 1.29 is 4.79 Å². The Balaban J connectivity index is 2.08. The van der Waals surface area contributed by atoms with Gasteiger partial charge in [-0.05, 0) is 51.3 Å². The summed E-state index contributed by atoms with van der Waals surface area (Å²) in [4.78, 5) is 14.8. The van der Waals surface area contributed by atoms with Crippen molar-refractivity contribution in [3.8, 4) is 0 Å². The van der Waals surface area contributed by atoms with Crippen molar-refractivity contribution in [2.45, 2.75) is 58.2 Å². The molecule has 0 aromatic heterocycles. The smallest absolute Gasteiger partial charge is 0.241 e. The third kappa shape index (κ3) is 3.50. The number of carbonyl (C=O) groups is 1. The van der Waals surface area contributed by atoms with Crippen molar-refractivity contribution in [3.05, 3.63) is 23.2 Å². The number of nitrogen functional groups attached to an aromatic ring is 1. The first-order chi connectivity index (χ1) is 9.93. The zero-order chi connectivity index (χ0) is 15.6. The fourth-order valence-electron chi connectivity index (χ4n) is 3.22. The van der Waals surface area contributed by atoms with Gasteiger partial charge in [-0.3, -0.25) is 9.69 Å². The maximum absolute atomic E-state index is 12.5. The van der Waals surface area contributed by atoms with E-state index in [1.807, 2.05) is 6.92 Å². The summed E-state index contributed by atoms with van der Waals surface area (Å²) in [7, 11) is 0. The molecule has 21 heavy (non-hydrogen) atoms. The van der Waals surface area contributed by atoms with E-state index < -0.39 is 0 Å². The standard InChI is InChI=1S/C16H24ClN3O/c1-4-13-7-5-10(2)20(13)11(3)16(21)19-15-8-6-12(17)9-14(15)18/h6,8-11,13H,4-5,7,18H2,1-3H3,(H,19,21). The molecule has 1 aromatic carbocycles. The number of nitrogens with one attached hydrogen (secondary N) is 1. The lowest BCUT2D eigenvalue weighted by Crippen LogP contribution is -2.47. The molecule has 0 aliphatic carbocycles. The molecule has 1 heterocycles. The average molecular weight is 310 g/mol. The highest BCUT2D eigenvalue weighted by Gasteiger charge is 2.35. The summed E-state index contributed by atoms with van der Waals surface area (Å²) in [6.45, 7) is 6.33. The molecule has 4 nitrogen and oxygen atoms in total. The van der Waals surface area contributed by atoms with Gasteiger partial charge in [0.15, 0.2) is 0 Å². The van der Waals surface area contributed by atoms with Crippen molar-refractivity contribution in [2.24, 2.45) is 0 Å². The maximum atomic E-state index is 12.5. The number of nitrogens with two attached hydrogens (primary N) is 1. The zero-order valence-corrected chi connectivity index (χ0v) is 13.7. The number of amides is 1. The number of likely N-dealkylation sites (tertiary alicyclic amines) is 1. The van der Waals surface area contributed by atoms with E-state index in [0.29, 0.717) is 28.5 Å². The van der Waals surface area contributed by atoms with Crippen molar-refractivity contribution in [2.75, 3.05) is 11.1 Å². The summed E-state index contributed by atoms with van der Waals surface area (Å²) in [5.41, 5.74) is 7.00. The van der Waals surface area contributed by atoms with Gasteiger partial charge in [0.2, 0.25) is 5.91 Å². The Bertz CT molecular complexity index is 520. The lowest BCUT2D eigenvalue weighted by atomic mass is 10.1. The summed E-state index contributed by atoms with van der Waals surface area (Å²) in [6.07, 6.45) is 3.39. The van der Waals surface area contributed by atoms with E-state index in [0.717, 1.165) is 12.8 Å². The largest absolute Gasteiger partial charge is 0.397 e. The predicted molar refractivity (Wildman–Crippen MR) is 88.6 cm³/mol. The second-order valence-corrected chi connectivity index (χ2v) is 6.27. The van der Waals surface area contributed by atoms with Crippen LogP contribution in [-0.2, 0) is 4.79 Å². The molecule has 0 saturated carbocycles. The van der Waals surface area contributed by atoms with Crippen LogP contribution in [0.5, 0.6) is 0 Å². The number of carbonyl (C=O) groups excluding carboxylic acids is 1. The number of rotatable bonds is 4. The lowest BCUT2D eigenvalue weighted by molar-refractivity contribution is -0.121. The Kier molecular flexibility index (Phi) is 5.12. The fourth-order valence-corrected chi connectivity index (χ4v) is 3.41. The fraction of sp³-hybridized carbons (Fsp3) is 0.562. The van der Waals surface area contributed by atoms with E-state index in [1.54, 1.807) is 18.2 Å². The maximum Gasteiger partial charge on any atom is 0.241 e. The monoisotopic (exact) mass is 309 g/mol. The topological polar surface area (TPSA) is 58.4 Å². The number of hydrogen-bond donors (Lipinski definition) is 2. The minimum atomic E-state index is -0.164. The highest BCUT2D eigenvalue weighted by atomic mass is 35.5. The summed E-state index contributed by atoms with van der Waals surface area (Å²) in [5, 5.41) is 3.48. The van der Waals surface area contributed by atoms with Gasteiger partial charge in [-0.1, -0.05) is 18.5 Å². The molecule has 0 bridgehead atoms. The van der Waals surface area contributed by atoms with Crippen LogP contribution in [0.25, 0.3) is 0 Å². The van der Waals surface area contributed by atoms with Crippen molar-refractivity contribution in [3.63, 3.8) is 0 Å². The second kappa shape index (κ2) is 6.67. The van der Waals surface area contributed by atoms with Gasteiger partial charge in [-0.15, -0.1) is 0 Å². The first kappa shape index (κ1) is 16.1. The molecule has 1 aromatic rings. The summed E-state index contributed by atoms with van der Waals surface area (Å²) < 4.78 is 0. The van der Waals surface area contributed by atoms with Crippen molar-refractivity contribution in [1.29, 1.82) is 0 Å². The molecular weight excluding hydrogens is 286 g/mol. The van der Waals surface area contributed by atoms with Crippen LogP contribution in [-0.4, -0.2) is 28.9 Å². The lowest BCUT2D eigenvalue weighted by Gasteiger charge is -2.33. The number of anilines is 2. The molecule has 1 aliphatic heterocycles. The highest BCUT2D eigenvalue weighted by molar-refractivity contribution is 6.31. The van der Waals surface area contributed by atoms with Gasteiger partial charge in [-0.2, -0.15) is 0 Å². The van der Waals surface area contributed by atoms with E-state index >= 15 is 0 Å². The van der Waals surface area contributed by atoms with Crippen LogP contribution in [0.15, 0.2) is 18.2 Å². The van der Waals surface area contributed by atoms with E-state index in [4.69, 9.17) is 17.3 Å². The number of nitrogens with zero attached hydrogens (tertiary/aromatic N) is 1. The Labute approximate surface area is 131 Å². The van der Waals surface area contributed by atoms with Crippen LogP contribution >= 0.6 is 11.6 Å². The van der Waals surface area contributed by atoms with Crippen LogP contribution in [0.3, 0.4) is 0 Å². The predicted octanol–water partition coefficient (Wildman–Crippen LogP) is 3.51. The molecule has 3 unspecified atom stereocenters. The third-order valence-corrected chi connectivity index (χ3v) is 4.65. The van der Waals surface area contributed by atoms with Crippen LogP contribution in [0.4, 0.5) is 11.4 Å². The van der Waals surface area contributed by atoms with Gasteiger partial charge >= 0.3 is 0 Å².